The Balaban J connectivity index is 1.51. The number of allylic oxidation sites excluding steroid dienone is 2. The SMILES string of the molecule is CN1CCCC1=NS(=O)(=O)c1cccc(NC(=O)C2CC3C=CC2C3)c1. The molecule has 2 fully saturated rings. The molecular weight excluding hydrogens is 350 g/mol. The molecule has 3 aliphatic rings. The van der Waals surface area contributed by atoms with E-state index >= 15 is 0 Å². The molecule has 6 nitrogen and oxygen atoms in total. The molecule has 0 radical (unpaired) electrons. The number of nitrogens with one attached hydrogen (secondary N) is 1. The number of rotatable bonds is 4. The molecule has 138 valence electrons. The van der Waals surface area contributed by atoms with Gasteiger partial charge in [-0.15, -0.1) is 4.40 Å². The van der Waals surface area contributed by atoms with Crippen molar-refractivity contribution in [2.75, 3.05) is 18.9 Å². The maximum Gasteiger partial charge on any atom is 0.284 e. The van der Waals surface area contributed by atoms with Crippen molar-refractivity contribution in [1.29, 1.82) is 0 Å². The number of hydrogen-bond donors (Lipinski definition) is 1. The highest BCUT2D eigenvalue weighted by Gasteiger charge is 2.39. The molecule has 1 saturated carbocycles. The highest BCUT2D eigenvalue weighted by atomic mass is 32.2. The van der Waals surface area contributed by atoms with Crippen LogP contribution in [-0.2, 0) is 14.8 Å². The van der Waals surface area contributed by atoms with Gasteiger partial charge < -0.3 is 10.2 Å². The lowest BCUT2D eigenvalue weighted by atomic mass is 9.93. The highest BCUT2D eigenvalue weighted by molar-refractivity contribution is 7.90. The molecule has 1 saturated heterocycles. The molecule has 1 amide bonds. The van der Waals surface area contributed by atoms with E-state index in [4.69, 9.17) is 0 Å². The molecule has 3 unspecified atom stereocenters. The van der Waals surface area contributed by atoms with E-state index in [0.29, 0.717) is 29.8 Å². The summed E-state index contributed by atoms with van der Waals surface area (Å²) in [7, 11) is -1.93. The van der Waals surface area contributed by atoms with Crippen molar-refractivity contribution >= 4 is 27.5 Å². The third-order valence-corrected chi connectivity index (χ3v) is 6.88. The van der Waals surface area contributed by atoms with Crippen LogP contribution in [0.3, 0.4) is 0 Å². The van der Waals surface area contributed by atoms with Crippen LogP contribution in [-0.4, -0.2) is 38.7 Å². The minimum absolute atomic E-state index is 0.0161. The van der Waals surface area contributed by atoms with Crippen molar-refractivity contribution < 1.29 is 13.2 Å². The Morgan fingerprint density at radius 2 is 2.12 bits per heavy atom. The zero-order valence-electron chi connectivity index (χ0n) is 14.8. The predicted molar refractivity (Wildman–Crippen MR) is 100 cm³/mol. The number of sulfonamides is 1. The maximum absolute atomic E-state index is 12.6. The fourth-order valence-electron chi connectivity index (χ4n) is 4.15. The van der Waals surface area contributed by atoms with Crippen LogP contribution in [0.4, 0.5) is 5.69 Å². The predicted octanol–water partition coefficient (Wildman–Crippen LogP) is 2.65. The van der Waals surface area contributed by atoms with Gasteiger partial charge in [0.1, 0.15) is 5.84 Å². The molecule has 26 heavy (non-hydrogen) atoms. The van der Waals surface area contributed by atoms with E-state index in [2.05, 4.69) is 21.9 Å². The average molecular weight is 373 g/mol. The summed E-state index contributed by atoms with van der Waals surface area (Å²) in [5.74, 6) is 1.38. The van der Waals surface area contributed by atoms with Crippen molar-refractivity contribution in [3.05, 3.63) is 36.4 Å². The van der Waals surface area contributed by atoms with Crippen LogP contribution in [0, 0.1) is 17.8 Å². The average Bonchev–Trinajstić information content (AvgIpc) is 3.33. The van der Waals surface area contributed by atoms with Crippen LogP contribution in [0.15, 0.2) is 45.7 Å². The van der Waals surface area contributed by atoms with E-state index in [1.807, 2.05) is 11.9 Å². The van der Waals surface area contributed by atoms with Gasteiger partial charge in [0.25, 0.3) is 10.0 Å². The second-order valence-electron chi connectivity index (χ2n) is 7.41. The summed E-state index contributed by atoms with van der Waals surface area (Å²) in [6, 6.07) is 6.37. The first-order valence-corrected chi connectivity index (χ1v) is 10.5. The van der Waals surface area contributed by atoms with Gasteiger partial charge >= 0.3 is 0 Å². The van der Waals surface area contributed by atoms with Crippen molar-refractivity contribution in [3.63, 3.8) is 0 Å². The number of amides is 1. The van der Waals surface area contributed by atoms with E-state index in [0.717, 1.165) is 25.8 Å². The number of benzene rings is 1. The zero-order valence-corrected chi connectivity index (χ0v) is 15.6. The van der Waals surface area contributed by atoms with Gasteiger partial charge in [0.15, 0.2) is 0 Å². The summed E-state index contributed by atoms with van der Waals surface area (Å²) in [6.07, 6.45) is 7.85. The first kappa shape index (κ1) is 17.3. The summed E-state index contributed by atoms with van der Waals surface area (Å²) in [5, 5.41) is 2.89. The Morgan fingerprint density at radius 1 is 1.27 bits per heavy atom. The van der Waals surface area contributed by atoms with Crippen LogP contribution in [0.5, 0.6) is 0 Å². The smallest absolute Gasteiger partial charge is 0.284 e. The maximum atomic E-state index is 12.6. The molecule has 1 heterocycles. The van der Waals surface area contributed by atoms with Gasteiger partial charge in [-0.1, -0.05) is 18.2 Å². The number of amidine groups is 1. The molecule has 1 aromatic carbocycles. The number of carbonyl (C=O) groups excluding carboxylic acids is 1. The standard InChI is InChI=1S/C19H23N3O3S/c1-22-9-3-6-18(22)21-26(24,25)16-5-2-4-15(12-16)20-19(23)17-11-13-7-8-14(17)10-13/h2,4-5,7-8,12-14,17H,3,6,9-11H2,1H3,(H,20,23). The van der Waals surface area contributed by atoms with Crippen molar-refractivity contribution in [3.8, 4) is 0 Å². The van der Waals surface area contributed by atoms with Gasteiger partial charge in [0, 0.05) is 31.6 Å². The minimum atomic E-state index is -3.78. The number of carbonyl (C=O) groups is 1. The molecule has 1 aliphatic heterocycles. The summed E-state index contributed by atoms with van der Waals surface area (Å²) < 4.78 is 29.2. The Morgan fingerprint density at radius 3 is 2.77 bits per heavy atom. The number of anilines is 1. The number of nitrogens with zero attached hydrogens (tertiary/aromatic N) is 2. The fraction of sp³-hybridized carbons (Fsp3) is 0.474. The van der Waals surface area contributed by atoms with Gasteiger partial charge in [-0.25, -0.2) is 0 Å². The van der Waals surface area contributed by atoms with Gasteiger partial charge in [-0.05, 0) is 49.3 Å². The quantitative estimate of drug-likeness (QED) is 0.823. The largest absolute Gasteiger partial charge is 0.362 e. The number of fused-ring (bicyclic) bond motifs is 2. The molecule has 0 aromatic heterocycles. The lowest BCUT2D eigenvalue weighted by Crippen LogP contribution is -2.26. The first-order chi connectivity index (χ1) is 12.4. The molecule has 3 atom stereocenters. The molecule has 7 heteroatoms. The van der Waals surface area contributed by atoms with Crippen LogP contribution >= 0.6 is 0 Å². The van der Waals surface area contributed by atoms with Gasteiger partial charge in [-0.2, -0.15) is 8.42 Å². The van der Waals surface area contributed by atoms with E-state index < -0.39 is 10.0 Å². The molecule has 4 rings (SSSR count). The van der Waals surface area contributed by atoms with Gasteiger partial charge in [0.05, 0.1) is 4.90 Å². The van der Waals surface area contributed by atoms with Crippen molar-refractivity contribution in [2.45, 2.75) is 30.6 Å². The van der Waals surface area contributed by atoms with Crippen LogP contribution in [0.1, 0.15) is 25.7 Å². The van der Waals surface area contributed by atoms with E-state index in [1.165, 1.54) is 12.1 Å². The minimum Gasteiger partial charge on any atom is -0.362 e. The van der Waals surface area contributed by atoms with Crippen LogP contribution < -0.4 is 5.32 Å². The lowest BCUT2D eigenvalue weighted by Gasteiger charge is -2.17. The zero-order chi connectivity index (χ0) is 18.3. The van der Waals surface area contributed by atoms with E-state index in [9.17, 15) is 13.2 Å². The normalized spacial score (nSPS) is 28.9. The van der Waals surface area contributed by atoms with Gasteiger partial charge in [-0.3, -0.25) is 4.79 Å². The Labute approximate surface area is 154 Å². The lowest BCUT2D eigenvalue weighted by molar-refractivity contribution is -0.120. The van der Waals surface area contributed by atoms with E-state index in [-0.39, 0.29) is 16.7 Å². The second-order valence-corrected chi connectivity index (χ2v) is 9.02. The molecule has 0 spiro atoms. The Kier molecular flexibility index (Phi) is 4.34. The molecule has 1 aromatic rings. The Hall–Kier alpha value is -2.15. The molecular formula is C19H23N3O3S. The summed E-state index contributed by atoms with van der Waals surface area (Å²) >= 11 is 0. The van der Waals surface area contributed by atoms with Crippen LogP contribution in [0.2, 0.25) is 0 Å². The van der Waals surface area contributed by atoms with E-state index in [1.54, 1.807) is 12.1 Å². The third kappa shape index (κ3) is 3.28. The van der Waals surface area contributed by atoms with Crippen molar-refractivity contribution in [2.24, 2.45) is 22.2 Å². The summed E-state index contributed by atoms with van der Waals surface area (Å²) in [4.78, 5) is 14.5. The molecule has 1 N–H and O–H groups in total. The Bertz CT molecular complexity index is 891. The highest BCUT2D eigenvalue weighted by Crippen LogP contribution is 2.43. The number of hydrogen-bond acceptors (Lipinski definition) is 3. The first-order valence-electron chi connectivity index (χ1n) is 9.06. The summed E-state index contributed by atoms with van der Waals surface area (Å²) in [6.45, 7) is 0.822. The third-order valence-electron chi connectivity index (χ3n) is 5.58. The molecule has 2 aliphatic carbocycles. The van der Waals surface area contributed by atoms with Crippen LogP contribution in [0.25, 0.3) is 0 Å². The molecule has 2 bridgehead atoms. The fourth-order valence-corrected chi connectivity index (χ4v) is 5.29. The second kappa shape index (κ2) is 6.54. The topological polar surface area (TPSA) is 78.8 Å². The van der Waals surface area contributed by atoms with Crippen molar-refractivity contribution in [1.82, 2.24) is 4.90 Å². The van der Waals surface area contributed by atoms with Gasteiger partial charge in [0.2, 0.25) is 5.91 Å². The monoisotopic (exact) mass is 373 g/mol. The number of likely N-dealkylation sites (tertiary alicyclic amines) is 1. The summed E-state index contributed by atoms with van der Waals surface area (Å²) in [5.41, 5.74) is 0.503.